The third-order valence-electron chi connectivity index (χ3n) is 2.30. The Bertz CT molecular complexity index is 327. The first kappa shape index (κ1) is 7.27. The van der Waals surface area contributed by atoms with Gasteiger partial charge in [-0.25, -0.2) is 4.98 Å². The molecule has 0 saturated heterocycles. The van der Waals surface area contributed by atoms with Crippen molar-refractivity contribution in [1.29, 1.82) is 0 Å². The first-order valence-corrected chi connectivity index (χ1v) is 3.75. The predicted octanol–water partition coefficient (Wildman–Crippen LogP) is -0.0687. The summed E-state index contributed by atoms with van der Waals surface area (Å²) in [5.74, 6) is -0.228. The molecule has 1 aliphatic rings. The van der Waals surface area contributed by atoms with Gasteiger partial charge in [0.05, 0.1) is 0 Å². The first-order valence-electron chi connectivity index (χ1n) is 3.75. The summed E-state index contributed by atoms with van der Waals surface area (Å²) in [4.78, 5) is 14.8. The quantitative estimate of drug-likeness (QED) is 0.669. The van der Waals surface area contributed by atoms with Crippen LogP contribution in [0.15, 0.2) is 6.33 Å². The van der Waals surface area contributed by atoms with Crippen molar-refractivity contribution < 1.29 is 9.90 Å². The number of aryl methyl sites for hydroxylation is 1. The normalized spacial score (nSPS) is 19.1. The third kappa shape index (κ3) is 0.760. The van der Waals surface area contributed by atoms with E-state index in [1.165, 1.54) is 11.0 Å². The second-order valence-electron chi connectivity index (χ2n) is 3.09. The molecule has 12 heavy (non-hydrogen) atoms. The zero-order valence-corrected chi connectivity index (χ0v) is 6.69. The number of hydrogen-bond acceptors (Lipinski definition) is 3. The van der Waals surface area contributed by atoms with Crippen LogP contribution in [-0.2, 0) is 17.3 Å². The minimum Gasteiger partial charge on any atom is -0.480 e. The van der Waals surface area contributed by atoms with E-state index in [-0.39, 0.29) is 0 Å². The zero-order valence-electron chi connectivity index (χ0n) is 6.69. The predicted molar refractivity (Wildman–Crippen MR) is 39.6 cm³/mol. The summed E-state index contributed by atoms with van der Waals surface area (Å²) >= 11 is 0. The van der Waals surface area contributed by atoms with Gasteiger partial charge in [-0.3, -0.25) is 9.48 Å². The van der Waals surface area contributed by atoms with Crippen molar-refractivity contribution in [2.75, 3.05) is 0 Å². The molecule has 2 rings (SSSR count). The highest BCUT2D eigenvalue weighted by Crippen LogP contribution is 2.47. The fraction of sp³-hybridized carbons (Fsp3) is 0.571. The van der Waals surface area contributed by atoms with E-state index in [0.717, 1.165) is 0 Å². The molecular formula is C7H9N3O2. The van der Waals surface area contributed by atoms with Crippen LogP contribution >= 0.6 is 0 Å². The number of carboxylic acid groups (broad SMARTS) is 1. The zero-order chi connectivity index (χ0) is 8.77. The highest BCUT2D eigenvalue weighted by atomic mass is 16.4. The van der Waals surface area contributed by atoms with Crippen LogP contribution in [0.2, 0.25) is 0 Å². The minimum atomic E-state index is -0.793. The van der Waals surface area contributed by atoms with Crippen LogP contribution in [0.5, 0.6) is 0 Å². The molecule has 64 valence electrons. The molecule has 1 aromatic heterocycles. The molecule has 1 saturated carbocycles. The van der Waals surface area contributed by atoms with Gasteiger partial charge < -0.3 is 5.11 Å². The standard InChI is InChI=1S/C7H9N3O2/c1-10-5(8-4-9-10)7(2-3-7)6(11)12/h4H,2-3H2,1H3,(H,11,12). The molecule has 0 amide bonds. The van der Waals surface area contributed by atoms with Crippen molar-refractivity contribution in [2.45, 2.75) is 18.3 Å². The molecule has 1 fully saturated rings. The monoisotopic (exact) mass is 167 g/mol. The molecule has 0 bridgehead atoms. The van der Waals surface area contributed by atoms with Crippen molar-refractivity contribution >= 4 is 5.97 Å². The molecule has 0 spiro atoms. The molecule has 5 nitrogen and oxygen atoms in total. The number of aliphatic carboxylic acids is 1. The van der Waals surface area contributed by atoms with Crippen molar-refractivity contribution in [2.24, 2.45) is 7.05 Å². The molecule has 0 unspecified atom stereocenters. The Labute approximate surface area is 69.0 Å². The Morgan fingerprint density at radius 3 is 2.75 bits per heavy atom. The van der Waals surface area contributed by atoms with E-state index >= 15 is 0 Å². The Balaban J connectivity index is 2.43. The van der Waals surface area contributed by atoms with Crippen LogP contribution in [0.4, 0.5) is 0 Å². The summed E-state index contributed by atoms with van der Waals surface area (Å²) in [6.07, 6.45) is 2.74. The fourth-order valence-electron chi connectivity index (χ4n) is 1.39. The molecule has 1 aromatic rings. The van der Waals surface area contributed by atoms with Gasteiger partial charge in [0.1, 0.15) is 17.6 Å². The third-order valence-corrected chi connectivity index (χ3v) is 2.30. The molecule has 0 atom stereocenters. The average molecular weight is 167 g/mol. The van der Waals surface area contributed by atoms with Crippen molar-refractivity contribution in [3.63, 3.8) is 0 Å². The van der Waals surface area contributed by atoms with Gasteiger partial charge in [0.25, 0.3) is 0 Å². The van der Waals surface area contributed by atoms with E-state index in [1.807, 2.05) is 0 Å². The van der Waals surface area contributed by atoms with Crippen molar-refractivity contribution in [3.05, 3.63) is 12.2 Å². The van der Waals surface area contributed by atoms with E-state index in [1.54, 1.807) is 7.05 Å². The molecule has 1 heterocycles. The first-order chi connectivity index (χ1) is 5.67. The topological polar surface area (TPSA) is 68.0 Å². The smallest absolute Gasteiger partial charge is 0.317 e. The van der Waals surface area contributed by atoms with Crippen LogP contribution in [0, 0.1) is 0 Å². The van der Waals surface area contributed by atoms with Crippen LogP contribution < -0.4 is 0 Å². The maximum absolute atomic E-state index is 10.9. The largest absolute Gasteiger partial charge is 0.480 e. The van der Waals surface area contributed by atoms with Gasteiger partial charge >= 0.3 is 5.97 Å². The lowest BCUT2D eigenvalue weighted by atomic mass is 10.1. The number of carbonyl (C=O) groups is 1. The Hall–Kier alpha value is -1.39. The summed E-state index contributed by atoms with van der Waals surface area (Å²) in [5, 5.41) is 12.8. The lowest BCUT2D eigenvalue weighted by Crippen LogP contribution is -2.23. The van der Waals surface area contributed by atoms with Crippen LogP contribution in [0.25, 0.3) is 0 Å². The van der Waals surface area contributed by atoms with Crippen LogP contribution in [0.1, 0.15) is 18.7 Å². The van der Waals surface area contributed by atoms with E-state index in [9.17, 15) is 4.79 Å². The van der Waals surface area contributed by atoms with Gasteiger partial charge in [-0.05, 0) is 12.8 Å². The summed E-state index contributed by atoms with van der Waals surface area (Å²) in [7, 11) is 1.71. The van der Waals surface area contributed by atoms with E-state index in [4.69, 9.17) is 5.11 Å². The highest BCUT2D eigenvalue weighted by molar-refractivity contribution is 5.83. The highest BCUT2D eigenvalue weighted by Gasteiger charge is 2.55. The van der Waals surface area contributed by atoms with Crippen molar-refractivity contribution in [1.82, 2.24) is 14.8 Å². The number of hydrogen-bond donors (Lipinski definition) is 1. The second kappa shape index (κ2) is 2.06. The second-order valence-corrected chi connectivity index (χ2v) is 3.09. The summed E-state index contributed by atoms with van der Waals surface area (Å²) in [6, 6.07) is 0. The number of nitrogens with zero attached hydrogens (tertiary/aromatic N) is 3. The molecule has 1 aliphatic carbocycles. The Kier molecular flexibility index (Phi) is 1.25. The maximum Gasteiger partial charge on any atom is 0.317 e. The van der Waals surface area contributed by atoms with Gasteiger partial charge in [-0.1, -0.05) is 0 Å². The van der Waals surface area contributed by atoms with Crippen LogP contribution in [0.3, 0.4) is 0 Å². The lowest BCUT2D eigenvalue weighted by Gasteiger charge is -2.06. The van der Waals surface area contributed by atoms with Gasteiger partial charge in [0.2, 0.25) is 0 Å². The molecule has 0 radical (unpaired) electrons. The molecule has 1 N–H and O–H groups in total. The molecule has 5 heteroatoms. The van der Waals surface area contributed by atoms with E-state index in [2.05, 4.69) is 10.1 Å². The van der Waals surface area contributed by atoms with Gasteiger partial charge in [0, 0.05) is 7.05 Å². The lowest BCUT2D eigenvalue weighted by molar-refractivity contribution is -0.140. The maximum atomic E-state index is 10.9. The summed E-state index contributed by atoms with van der Waals surface area (Å²) in [6.45, 7) is 0. The van der Waals surface area contributed by atoms with Crippen molar-refractivity contribution in [3.8, 4) is 0 Å². The fourth-order valence-corrected chi connectivity index (χ4v) is 1.39. The average Bonchev–Trinajstić information content (AvgIpc) is 2.71. The molecular weight excluding hydrogens is 158 g/mol. The number of rotatable bonds is 2. The number of aromatic nitrogens is 3. The summed E-state index contributed by atoms with van der Waals surface area (Å²) in [5.41, 5.74) is -0.731. The molecule has 0 aromatic carbocycles. The van der Waals surface area contributed by atoms with Gasteiger partial charge in [0.15, 0.2) is 0 Å². The minimum absolute atomic E-state index is 0.565. The van der Waals surface area contributed by atoms with Gasteiger partial charge in [-0.2, -0.15) is 5.10 Å². The number of carboxylic acids is 1. The summed E-state index contributed by atoms with van der Waals surface area (Å²) < 4.78 is 1.53. The Morgan fingerprint density at radius 1 is 1.75 bits per heavy atom. The Morgan fingerprint density at radius 2 is 2.42 bits per heavy atom. The SMILES string of the molecule is Cn1ncnc1C1(C(=O)O)CC1. The van der Waals surface area contributed by atoms with Crippen LogP contribution in [-0.4, -0.2) is 25.8 Å². The van der Waals surface area contributed by atoms with E-state index in [0.29, 0.717) is 18.7 Å². The molecule has 0 aliphatic heterocycles. The van der Waals surface area contributed by atoms with E-state index < -0.39 is 11.4 Å². The van der Waals surface area contributed by atoms with Gasteiger partial charge in [-0.15, -0.1) is 0 Å².